The summed E-state index contributed by atoms with van der Waals surface area (Å²) < 4.78 is 2.13. The molecule has 3 aromatic rings. The third-order valence-corrected chi connectivity index (χ3v) is 4.95. The van der Waals surface area contributed by atoms with E-state index >= 15 is 0 Å². The molecule has 0 bridgehead atoms. The zero-order valence-electron chi connectivity index (χ0n) is 14.6. The third-order valence-electron chi connectivity index (χ3n) is 4.95. The average molecular weight is 343 g/mol. The van der Waals surface area contributed by atoms with E-state index in [2.05, 4.69) is 38.3 Å². The second-order valence-electron chi connectivity index (χ2n) is 6.56. The van der Waals surface area contributed by atoms with Gasteiger partial charge in [-0.3, -0.25) is 9.69 Å². The number of anilines is 1. The molecule has 0 aliphatic carbocycles. The number of aromatic nitrogens is 1. The SMILES string of the molecule is C#CCN1CCN(c2cc(-c3ccccc3)c3ccc(=O)ccn23)CC1. The predicted molar refractivity (Wildman–Crippen MR) is 107 cm³/mol. The smallest absolute Gasteiger partial charge is 0.180 e. The molecule has 0 N–H and O–H groups in total. The number of nitrogens with zero attached hydrogens (tertiary/aromatic N) is 3. The first-order valence-electron chi connectivity index (χ1n) is 8.88. The highest BCUT2D eigenvalue weighted by molar-refractivity contribution is 5.85. The molecule has 26 heavy (non-hydrogen) atoms. The van der Waals surface area contributed by atoms with E-state index in [4.69, 9.17) is 6.42 Å². The lowest BCUT2D eigenvalue weighted by Crippen LogP contribution is -2.46. The minimum absolute atomic E-state index is 0.0116. The fourth-order valence-corrected chi connectivity index (χ4v) is 3.57. The van der Waals surface area contributed by atoms with E-state index in [-0.39, 0.29) is 5.43 Å². The fourth-order valence-electron chi connectivity index (χ4n) is 3.57. The maximum absolute atomic E-state index is 11.9. The van der Waals surface area contributed by atoms with Crippen LogP contribution in [0.2, 0.25) is 0 Å². The van der Waals surface area contributed by atoms with E-state index in [9.17, 15) is 4.79 Å². The van der Waals surface area contributed by atoms with Gasteiger partial charge >= 0.3 is 0 Å². The topological polar surface area (TPSA) is 28.0 Å². The van der Waals surface area contributed by atoms with Crippen LogP contribution in [0.15, 0.2) is 65.6 Å². The first kappa shape index (κ1) is 16.4. The first-order valence-corrected chi connectivity index (χ1v) is 8.88. The summed E-state index contributed by atoms with van der Waals surface area (Å²) in [5.74, 6) is 3.85. The Bertz CT molecular complexity index is 1010. The van der Waals surface area contributed by atoms with Crippen molar-refractivity contribution in [3.8, 4) is 23.5 Å². The zero-order valence-corrected chi connectivity index (χ0v) is 14.6. The minimum Gasteiger partial charge on any atom is -0.355 e. The fraction of sp³-hybridized carbons (Fsp3) is 0.227. The van der Waals surface area contributed by atoms with Gasteiger partial charge in [0.1, 0.15) is 5.82 Å². The number of hydrogen-bond acceptors (Lipinski definition) is 3. The Balaban J connectivity index is 1.80. The summed E-state index contributed by atoms with van der Waals surface area (Å²) in [6.45, 7) is 4.44. The Morgan fingerprint density at radius 2 is 1.73 bits per heavy atom. The monoisotopic (exact) mass is 343 g/mol. The van der Waals surface area contributed by atoms with E-state index in [0.29, 0.717) is 6.54 Å². The highest BCUT2D eigenvalue weighted by Crippen LogP contribution is 2.32. The summed E-state index contributed by atoms with van der Waals surface area (Å²) in [6.07, 6.45) is 7.32. The second kappa shape index (κ2) is 7.07. The van der Waals surface area contributed by atoms with Crippen LogP contribution in [-0.4, -0.2) is 42.0 Å². The summed E-state index contributed by atoms with van der Waals surface area (Å²) in [5.41, 5.74) is 3.35. The van der Waals surface area contributed by atoms with Crippen LogP contribution in [0.1, 0.15) is 0 Å². The summed E-state index contributed by atoms with van der Waals surface area (Å²) in [4.78, 5) is 16.5. The molecule has 1 aromatic carbocycles. The molecular weight excluding hydrogens is 322 g/mol. The highest BCUT2D eigenvalue weighted by Gasteiger charge is 2.20. The van der Waals surface area contributed by atoms with E-state index < -0.39 is 0 Å². The Kier molecular flexibility index (Phi) is 4.47. The Morgan fingerprint density at radius 3 is 2.46 bits per heavy atom. The Hall–Kier alpha value is -3.03. The lowest BCUT2D eigenvalue weighted by Gasteiger charge is -2.34. The molecule has 0 spiro atoms. The normalized spacial score (nSPS) is 15.1. The molecule has 0 saturated carbocycles. The number of hydrogen-bond donors (Lipinski definition) is 0. The van der Waals surface area contributed by atoms with Gasteiger partial charge in [0.2, 0.25) is 0 Å². The molecule has 0 radical (unpaired) electrons. The van der Waals surface area contributed by atoms with Crippen molar-refractivity contribution in [3.05, 3.63) is 71.0 Å². The van der Waals surface area contributed by atoms with Crippen LogP contribution in [0.25, 0.3) is 16.6 Å². The summed E-state index contributed by atoms with van der Waals surface area (Å²) in [5, 5.41) is 0. The van der Waals surface area contributed by atoms with Gasteiger partial charge in [0.15, 0.2) is 5.43 Å². The molecule has 4 heteroatoms. The van der Waals surface area contributed by atoms with E-state index in [1.165, 1.54) is 0 Å². The van der Waals surface area contributed by atoms with Gasteiger partial charge in [-0.1, -0.05) is 36.3 Å². The van der Waals surface area contributed by atoms with Crippen molar-refractivity contribution in [2.24, 2.45) is 0 Å². The van der Waals surface area contributed by atoms with Crippen molar-refractivity contribution in [2.45, 2.75) is 0 Å². The maximum atomic E-state index is 11.9. The minimum atomic E-state index is 0.0116. The van der Waals surface area contributed by atoms with E-state index in [0.717, 1.165) is 48.6 Å². The number of terminal acetylenes is 1. The number of benzene rings is 1. The molecule has 4 rings (SSSR count). The highest BCUT2D eigenvalue weighted by atomic mass is 16.1. The van der Waals surface area contributed by atoms with Crippen molar-refractivity contribution in [1.82, 2.24) is 9.30 Å². The van der Waals surface area contributed by atoms with Crippen LogP contribution in [-0.2, 0) is 0 Å². The quantitative estimate of drug-likeness (QED) is 0.685. The van der Waals surface area contributed by atoms with Crippen LogP contribution in [0, 0.1) is 12.3 Å². The first-order chi connectivity index (χ1) is 12.8. The van der Waals surface area contributed by atoms with Crippen molar-refractivity contribution < 1.29 is 0 Å². The van der Waals surface area contributed by atoms with Gasteiger partial charge in [-0.15, -0.1) is 6.42 Å². The van der Waals surface area contributed by atoms with Crippen LogP contribution < -0.4 is 10.3 Å². The molecule has 3 heterocycles. The number of rotatable bonds is 3. The predicted octanol–water partition coefficient (Wildman–Crippen LogP) is 2.72. The van der Waals surface area contributed by atoms with Crippen LogP contribution in [0.4, 0.5) is 5.82 Å². The van der Waals surface area contributed by atoms with Gasteiger partial charge in [0, 0.05) is 44.0 Å². The molecule has 130 valence electrons. The second-order valence-corrected chi connectivity index (χ2v) is 6.56. The van der Waals surface area contributed by atoms with Crippen molar-refractivity contribution in [3.63, 3.8) is 0 Å². The van der Waals surface area contributed by atoms with Gasteiger partial charge in [0.05, 0.1) is 12.1 Å². The molecule has 0 unspecified atom stereocenters. The summed E-state index contributed by atoms with van der Waals surface area (Å²) in [7, 11) is 0. The molecular formula is C22H21N3O. The van der Waals surface area contributed by atoms with Crippen LogP contribution in [0.5, 0.6) is 0 Å². The molecule has 1 saturated heterocycles. The Morgan fingerprint density at radius 1 is 0.962 bits per heavy atom. The summed E-state index contributed by atoms with van der Waals surface area (Å²) in [6, 6.07) is 17.7. The molecule has 0 amide bonds. The zero-order chi connectivity index (χ0) is 17.9. The molecule has 1 aliphatic heterocycles. The van der Waals surface area contributed by atoms with Gasteiger partial charge in [0.25, 0.3) is 0 Å². The Labute approximate surface area is 153 Å². The van der Waals surface area contributed by atoms with Gasteiger partial charge in [-0.05, 0) is 23.8 Å². The number of piperazine rings is 1. The number of fused-ring (bicyclic) bond motifs is 1. The van der Waals surface area contributed by atoms with Gasteiger partial charge in [-0.2, -0.15) is 0 Å². The van der Waals surface area contributed by atoms with Crippen molar-refractivity contribution >= 4 is 11.3 Å². The van der Waals surface area contributed by atoms with E-state index in [1.807, 2.05) is 30.5 Å². The molecule has 4 nitrogen and oxygen atoms in total. The standard InChI is InChI=1S/C22H21N3O/c1-2-11-23-13-15-24(16-14-23)22-17-20(18-6-4-3-5-7-18)21-9-8-19(26)10-12-25(21)22/h1,3-10,12,17H,11,13-16H2. The molecule has 1 aliphatic rings. The van der Waals surface area contributed by atoms with E-state index in [1.54, 1.807) is 12.1 Å². The van der Waals surface area contributed by atoms with Gasteiger partial charge in [-0.25, -0.2) is 0 Å². The average Bonchev–Trinajstić information content (AvgIpc) is 2.94. The lowest BCUT2D eigenvalue weighted by molar-refractivity contribution is 0.287. The lowest BCUT2D eigenvalue weighted by atomic mass is 10.1. The molecule has 2 aromatic heterocycles. The van der Waals surface area contributed by atoms with Gasteiger partial charge < -0.3 is 9.30 Å². The largest absolute Gasteiger partial charge is 0.355 e. The molecule has 1 fully saturated rings. The van der Waals surface area contributed by atoms with Crippen molar-refractivity contribution in [1.29, 1.82) is 0 Å². The third kappa shape index (κ3) is 3.10. The maximum Gasteiger partial charge on any atom is 0.180 e. The van der Waals surface area contributed by atoms with Crippen LogP contribution in [0.3, 0.4) is 0 Å². The van der Waals surface area contributed by atoms with Crippen LogP contribution >= 0.6 is 0 Å². The van der Waals surface area contributed by atoms with Crippen molar-refractivity contribution in [2.75, 3.05) is 37.6 Å². The molecule has 0 atom stereocenters. The summed E-state index contributed by atoms with van der Waals surface area (Å²) >= 11 is 0.